The molecular weight excluding hydrogens is 422 g/mol. The third-order valence-electron chi connectivity index (χ3n) is 5.42. The minimum Gasteiger partial charge on any atom is -0.361 e. The van der Waals surface area contributed by atoms with E-state index in [2.05, 4.69) is 101 Å². The summed E-state index contributed by atoms with van der Waals surface area (Å²) in [6, 6.07) is 23.4. The first-order chi connectivity index (χ1) is 13.9. The number of aromatic amines is 1. The summed E-state index contributed by atoms with van der Waals surface area (Å²) in [7, 11) is 0. The fourth-order valence-electron chi connectivity index (χ4n) is 3.87. The van der Waals surface area contributed by atoms with Crippen LogP contribution < -0.4 is 0 Å². The third-order valence-corrected chi connectivity index (χ3v) is 6.06. The zero-order chi connectivity index (χ0) is 20.2. The number of aromatic nitrogens is 3. The summed E-state index contributed by atoms with van der Waals surface area (Å²) < 4.78 is 3.25. The van der Waals surface area contributed by atoms with Crippen LogP contribution in [-0.2, 0) is 5.41 Å². The maximum atomic E-state index is 5.11. The molecule has 3 nitrogen and oxygen atoms in total. The quantitative estimate of drug-likeness (QED) is 0.306. The first kappa shape index (κ1) is 18.2. The highest BCUT2D eigenvalue weighted by atomic mass is 79.9. The van der Waals surface area contributed by atoms with Gasteiger partial charge in [-0.3, -0.25) is 4.57 Å². The fourth-order valence-corrected chi connectivity index (χ4v) is 4.31. The minimum atomic E-state index is 0.0460. The minimum absolute atomic E-state index is 0.0460. The molecule has 0 spiro atoms. The lowest BCUT2D eigenvalue weighted by atomic mass is 9.85. The van der Waals surface area contributed by atoms with Gasteiger partial charge in [-0.15, -0.1) is 0 Å². The van der Waals surface area contributed by atoms with Crippen molar-refractivity contribution in [2.75, 3.05) is 0 Å². The monoisotopic (exact) mass is 443 g/mol. The van der Waals surface area contributed by atoms with Gasteiger partial charge in [-0.25, -0.2) is 4.98 Å². The van der Waals surface area contributed by atoms with Crippen molar-refractivity contribution in [1.29, 1.82) is 0 Å². The summed E-state index contributed by atoms with van der Waals surface area (Å²) in [6.45, 7) is 6.75. The average Bonchev–Trinajstić information content (AvgIpc) is 3.32. The van der Waals surface area contributed by atoms with Gasteiger partial charge in [0.15, 0.2) is 0 Å². The van der Waals surface area contributed by atoms with E-state index in [1.807, 2.05) is 18.3 Å². The van der Waals surface area contributed by atoms with E-state index in [1.165, 1.54) is 10.9 Å². The Balaban J connectivity index is 1.92. The van der Waals surface area contributed by atoms with Gasteiger partial charge in [-0.2, -0.15) is 0 Å². The molecule has 0 atom stereocenters. The van der Waals surface area contributed by atoms with Crippen molar-refractivity contribution in [3.63, 3.8) is 0 Å². The third kappa shape index (κ3) is 2.99. The molecule has 5 aromatic rings. The van der Waals surface area contributed by atoms with Crippen LogP contribution in [0.4, 0.5) is 0 Å². The van der Waals surface area contributed by atoms with E-state index in [0.717, 1.165) is 38.1 Å². The molecular formula is C25H22BrN3. The first-order valence-electron chi connectivity index (χ1n) is 9.78. The number of para-hydroxylation sites is 2. The van der Waals surface area contributed by atoms with Gasteiger partial charge in [0.2, 0.25) is 0 Å². The second kappa shape index (κ2) is 6.60. The molecule has 0 bridgehead atoms. The molecule has 0 saturated carbocycles. The van der Waals surface area contributed by atoms with Gasteiger partial charge in [0.1, 0.15) is 11.3 Å². The largest absolute Gasteiger partial charge is 0.361 e. The Labute approximate surface area is 178 Å². The van der Waals surface area contributed by atoms with E-state index in [4.69, 9.17) is 4.98 Å². The lowest BCUT2D eigenvalue weighted by Gasteiger charge is -2.21. The van der Waals surface area contributed by atoms with E-state index in [1.54, 1.807) is 0 Å². The molecule has 0 unspecified atom stereocenters. The molecule has 2 aromatic heterocycles. The highest BCUT2D eigenvalue weighted by Gasteiger charge is 2.22. The topological polar surface area (TPSA) is 33.6 Å². The maximum absolute atomic E-state index is 5.11. The van der Waals surface area contributed by atoms with Crippen LogP contribution in [0.3, 0.4) is 0 Å². The highest BCUT2D eigenvalue weighted by Crippen LogP contribution is 2.37. The van der Waals surface area contributed by atoms with Crippen LogP contribution >= 0.6 is 15.9 Å². The molecule has 0 aliphatic rings. The standard InChI is InChI=1S/C25H22BrN3/c1-25(2,3)17-14-16-12-13-27-22(16)19(15-17)24-28-23-20(26)10-7-11-21(23)29(24)18-8-5-4-6-9-18/h4-15,27H,1-3H3. The van der Waals surface area contributed by atoms with E-state index in [-0.39, 0.29) is 5.41 Å². The Bertz CT molecular complexity index is 1340. The number of H-pyrrole nitrogens is 1. The van der Waals surface area contributed by atoms with Crippen LogP contribution in [0.2, 0.25) is 0 Å². The van der Waals surface area contributed by atoms with Gasteiger partial charge in [-0.1, -0.05) is 45.0 Å². The molecule has 3 aromatic carbocycles. The zero-order valence-electron chi connectivity index (χ0n) is 16.7. The number of benzene rings is 3. The summed E-state index contributed by atoms with van der Waals surface area (Å²) in [6.07, 6.45) is 2.01. The van der Waals surface area contributed by atoms with Crippen molar-refractivity contribution in [3.8, 4) is 17.1 Å². The van der Waals surface area contributed by atoms with Crippen LogP contribution in [0, 0.1) is 0 Å². The Morgan fingerprint density at radius 3 is 2.48 bits per heavy atom. The Morgan fingerprint density at radius 2 is 1.72 bits per heavy atom. The lowest BCUT2D eigenvalue weighted by molar-refractivity contribution is 0.591. The van der Waals surface area contributed by atoms with Crippen molar-refractivity contribution in [1.82, 2.24) is 14.5 Å². The van der Waals surface area contributed by atoms with Crippen molar-refractivity contribution in [3.05, 3.63) is 83.0 Å². The SMILES string of the molecule is CC(C)(C)c1cc(-c2nc3c(Br)cccc3n2-c2ccccc2)c2[nH]ccc2c1. The number of imidazole rings is 1. The molecule has 4 heteroatoms. The Hall–Kier alpha value is -2.85. The molecule has 5 rings (SSSR count). The van der Waals surface area contributed by atoms with Gasteiger partial charge < -0.3 is 4.98 Å². The summed E-state index contributed by atoms with van der Waals surface area (Å²) >= 11 is 3.69. The molecule has 0 aliphatic carbocycles. The molecule has 0 amide bonds. The van der Waals surface area contributed by atoms with Crippen LogP contribution in [0.15, 0.2) is 77.4 Å². The second-order valence-corrected chi connectivity index (χ2v) is 9.28. The van der Waals surface area contributed by atoms with E-state index < -0.39 is 0 Å². The maximum Gasteiger partial charge on any atom is 0.147 e. The first-order valence-corrected chi connectivity index (χ1v) is 10.6. The van der Waals surface area contributed by atoms with Crippen LogP contribution in [0.1, 0.15) is 26.3 Å². The predicted octanol–water partition coefficient (Wildman–Crippen LogP) is 7.23. The smallest absolute Gasteiger partial charge is 0.147 e. The van der Waals surface area contributed by atoms with Gasteiger partial charge in [0.05, 0.1) is 11.0 Å². The van der Waals surface area contributed by atoms with Crippen molar-refractivity contribution in [2.45, 2.75) is 26.2 Å². The van der Waals surface area contributed by atoms with Crippen LogP contribution in [0.25, 0.3) is 39.0 Å². The number of hydrogen-bond donors (Lipinski definition) is 1. The van der Waals surface area contributed by atoms with Gasteiger partial charge in [-0.05, 0) is 69.4 Å². The molecule has 0 saturated heterocycles. The van der Waals surface area contributed by atoms with E-state index >= 15 is 0 Å². The zero-order valence-corrected chi connectivity index (χ0v) is 18.3. The number of nitrogens with zero attached hydrogens (tertiary/aromatic N) is 2. The second-order valence-electron chi connectivity index (χ2n) is 8.43. The van der Waals surface area contributed by atoms with Gasteiger partial charge in [0.25, 0.3) is 0 Å². The predicted molar refractivity (Wildman–Crippen MR) is 125 cm³/mol. The Kier molecular flexibility index (Phi) is 4.14. The van der Waals surface area contributed by atoms with Crippen molar-refractivity contribution >= 4 is 37.9 Å². The summed E-state index contributed by atoms with van der Waals surface area (Å²) in [4.78, 5) is 8.55. The van der Waals surface area contributed by atoms with Crippen LogP contribution in [0.5, 0.6) is 0 Å². The number of hydrogen-bond acceptors (Lipinski definition) is 1. The molecule has 0 aliphatic heterocycles. The molecule has 0 radical (unpaired) electrons. The summed E-state index contributed by atoms with van der Waals surface area (Å²) in [5, 5.41) is 1.21. The molecule has 29 heavy (non-hydrogen) atoms. The fraction of sp³-hybridized carbons (Fsp3) is 0.160. The molecule has 0 fully saturated rings. The number of nitrogens with one attached hydrogen (secondary N) is 1. The summed E-state index contributed by atoms with van der Waals surface area (Å²) in [5.41, 5.74) is 6.72. The Morgan fingerprint density at radius 1 is 0.931 bits per heavy atom. The molecule has 144 valence electrons. The molecule has 2 heterocycles. The number of fused-ring (bicyclic) bond motifs is 2. The van der Waals surface area contributed by atoms with E-state index in [0.29, 0.717) is 0 Å². The molecule has 1 N–H and O–H groups in total. The van der Waals surface area contributed by atoms with E-state index in [9.17, 15) is 0 Å². The number of rotatable bonds is 2. The number of halogens is 1. The highest BCUT2D eigenvalue weighted by molar-refractivity contribution is 9.10. The normalized spacial score (nSPS) is 12.1. The van der Waals surface area contributed by atoms with Crippen molar-refractivity contribution in [2.24, 2.45) is 0 Å². The van der Waals surface area contributed by atoms with Gasteiger partial charge in [0, 0.05) is 27.3 Å². The average molecular weight is 444 g/mol. The lowest BCUT2D eigenvalue weighted by Crippen LogP contribution is -2.11. The van der Waals surface area contributed by atoms with Crippen LogP contribution in [-0.4, -0.2) is 14.5 Å². The summed E-state index contributed by atoms with van der Waals surface area (Å²) in [5.74, 6) is 0.941. The van der Waals surface area contributed by atoms with Gasteiger partial charge >= 0.3 is 0 Å². The van der Waals surface area contributed by atoms with Crippen molar-refractivity contribution < 1.29 is 0 Å².